The predicted molar refractivity (Wildman–Crippen MR) is 156 cm³/mol. The number of rotatable bonds is 8. The Morgan fingerprint density at radius 1 is 1.23 bits per heavy atom. The van der Waals surface area contributed by atoms with Crippen molar-refractivity contribution >= 4 is 34.8 Å². The number of allylic oxidation sites excluding steroid dienone is 1. The summed E-state index contributed by atoms with van der Waals surface area (Å²) >= 11 is 0. The summed E-state index contributed by atoms with van der Waals surface area (Å²) < 4.78 is 38.3. The van der Waals surface area contributed by atoms with Gasteiger partial charge in [0.1, 0.15) is 36.1 Å². The fourth-order valence-corrected chi connectivity index (χ4v) is 5.99. The molecule has 0 radical (unpaired) electrons. The van der Waals surface area contributed by atoms with Crippen molar-refractivity contribution in [1.29, 1.82) is 0 Å². The molecule has 40 heavy (non-hydrogen) atoms. The standard InChI is InChI=1S/C30H35F2N7O/c1-18(2)39-19(3)36-30-24(31)11-20(12-27(30)39)29(25(32)14-33-4)35-17-34-21-5-8-26-28(13-21)40-16-23-15-37(22-6-7-22)9-10-38(23)26/h5,8,11-14,18,22-23,34H,4,6-7,9-10,15-17H2,1-3H3/b25-14+,35-29?. The largest absolute Gasteiger partial charge is 0.489 e. The van der Waals surface area contributed by atoms with E-state index in [0.717, 1.165) is 49.0 Å². The van der Waals surface area contributed by atoms with Gasteiger partial charge in [0.15, 0.2) is 11.6 Å². The summed E-state index contributed by atoms with van der Waals surface area (Å²) in [6.07, 6.45) is 3.62. The number of ether oxygens (including phenoxy) is 1. The lowest BCUT2D eigenvalue weighted by molar-refractivity contribution is 0.161. The number of piperazine rings is 1. The minimum atomic E-state index is -0.701. The summed E-state index contributed by atoms with van der Waals surface area (Å²) in [6, 6.07) is 10.2. The van der Waals surface area contributed by atoms with Crippen LogP contribution >= 0.6 is 0 Å². The second-order valence-electron chi connectivity index (χ2n) is 11.0. The highest BCUT2D eigenvalue weighted by molar-refractivity contribution is 6.12. The van der Waals surface area contributed by atoms with Gasteiger partial charge in [0.25, 0.3) is 0 Å². The van der Waals surface area contributed by atoms with Crippen LogP contribution in [0.5, 0.6) is 5.75 Å². The zero-order chi connectivity index (χ0) is 28.0. The number of aryl methyl sites for hydroxylation is 1. The molecule has 2 fully saturated rings. The predicted octanol–water partition coefficient (Wildman–Crippen LogP) is 5.48. The molecule has 1 unspecified atom stereocenters. The molecular weight excluding hydrogens is 512 g/mol. The van der Waals surface area contributed by atoms with Gasteiger partial charge in [-0.3, -0.25) is 14.9 Å². The number of hydrogen-bond acceptors (Lipinski definition) is 7. The van der Waals surface area contributed by atoms with E-state index in [1.807, 2.05) is 37.5 Å². The van der Waals surface area contributed by atoms with Gasteiger partial charge in [-0.15, -0.1) is 0 Å². The monoisotopic (exact) mass is 547 g/mol. The summed E-state index contributed by atoms with van der Waals surface area (Å²) in [5.41, 5.74) is 3.04. The highest BCUT2D eigenvalue weighted by atomic mass is 19.1. The van der Waals surface area contributed by atoms with Gasteiger partial charge in [-0.1, -0.05) is 0 Å². The molecule has 2 aliphatic heterocycles. The zero-order valence-corrected chi connectivity index (χ0v) is 23.2. The van der Waals surface area contributed by atoms with Crippen molar-refractivity contribution in [3.05, 3.63) is 59.6 Å². The molecule has 1 aromatic heterocycles. The number of hydrogen-bond donors (Lipinski definition) is 1. The van der Waals surface area contributed by atoms with Crippen LogP contribution < -0.4 is 15.0 Å². The summed E-state index contributed by atoms with van der Waals surface area (Å²) in [6.45, 7) is 13.0. The van der Waals surface area contributed by atoms with Crippen molar-refractivity contribution in [3.63, 3.8) is 0 Å². The Morgan fingerprint density at radius 2 is 2.05 bits per heavy atom. The fraction of sp³-hybridized carbons (Fsp3) is 0.433. The Kier molecular flexibility index (Phi) is 7.04. The van der Waals surface area contributed by atoms with E-state index in [2.05, 4.69) is 42.9 Å². The number of imidazole rings is 1. The van der Waals surface area contributed by atoms with E-state index in [-0.39, 0.29) is 23.9 Å². The first-order valence-corrected chi connectivity index (χ1v) is 13.9. The van der Waals surface area contributed by atoms with E-state index in [1.165, 1.54) is 18.9 Å². The average Bonchev–Trinajstić information content (AvgIpc) is 3.72. The van der Waals surface area contributed by atoms with E-state index < -0.39 is 11.6 Å². The Morgan fingerprint density at radius 3 is 2.80 bits per heavy atom. The second-order valence-corrected chi connectivity index (χ2v) is 11.0. The van der Waals surface area contributed by atoms with Crippen molar-refractivity contribution in [2.75, 3.05) is 43.1 Å². The third-order valence-corrected chi connectivity index (χ3v) is 7.94. The van der Waals surface area contributed by atoms with Crippen LogP contribution in [0.4, 0.5) is 20.2 Å². The van der Waals surface area contributed by atoms with Crippen LogP contribution in [0.2, 0.25) is 0 Å². The highest BCUT2D eigenvalue weighted by Gasteiger charge is 2.38. The minimum absolute atomic E-state index is 0.0135. The topological polar surface area (TPSA) is 70.3 Å². The average molecular weight is 548 g/mol. The number of nitrogens with zero attached hydrogens (tertiary/aromatic N) is 6. The zero-order valence-electron chi connectivity index (χ0n) is 23.2. The molecular formula is C30H35F2N7O. The molecule has 10 heteroatoms. The van der Waals surface area contributed by atoms with Gasteiger partial charge in [0.05, 0.1) is 23.4 Å². The molecule has 0 amide bonds. The lowest BCUT2D eigenvalue weighted by Gasteiger charge is -2.45. The minimum Gasteiger partial charge on any atom is -0.489 e. The first kappa shape index (κ1) is 26.4. The molecule has 2 aromatic carbocycles. The number of nitrogens with one attached hydrogen (secondary N) is 1. The number of aromatic nitrogens is 2. The van der Waals surface area contributed by atoms with Crippen LogP contribution in [0.15, 0.2) is 52.3 Å². The molecule has 0 bridgehead atoms. The van der Waals surface area contributed by atoms with Crippen LogP contribution in [-0.2, 0) is 0 Å². The number of halogens is 2. The van der Waals surface area contributed by atoms with Crippen molar-refractivity contribution in [2.24, 2.45) is 9.98 Å². The van der Waals surface area contributed by atoms with Crippen molar-refractivity contribution in [3.8, 4) is 5.75 Å². The first-order valence-electron chi connectivity index (χ1n) is 13.9. The maximum absolute atomic E-state index is 15.1. The Labute approximate surface area is 233 Å². The maximum atomic E-state index is 15.1. The van der Waals surface area contributed by atoms with Gasteiger partial charge >= 0.3 is 0 Å². The van der Waals surface area contributed by atoms with Crippen molar-refractivity contribution in [2.45, 2.75) is 51.7 Å². The smallest absolute Gasteiger partial charge is 0.167 e. The van der Waals surface area contributed by atoms with Crippen LogP contribution in [0.25, 0.3) is 11.0 Å². The fourth-order valence-electron chi connectivity index (χ4n) is 5.99. The Bertz CT molecular complexity index is 1510. The molecule has 3 aliphatic rings. The SMILES string of the molecule is C=N/C=C(/F)C(=NCNc1ccc2c(c1)OCC1CN(C3CC3)CCN21)c1cc(F)c2nc(C)n(C(C)C)c2c1. The Hall–Kier alpha value is -3.79. The van der Waals surface area contributed by atoms with Crippen LogP contribution in [0.3, 0.4) is 0 Å². The molecule has 6 rings (SSSR count). The van der Waals surface area contributed by atoms with Crippen molar-refractivity contribution in [1.82, 2.24) is 14.5 Å². The molecule has 0 spiro atoms. The van der Waals surface area contributed by atoms with E-state index in [4.69, 9.17) is 4.74 Å². The summed E-state index contributed by atoms with van der Waals surface area (Å²) in [5.74, 6) is 0.291. The summed E-state index contributed by atoms with van der Waals surface area (Å²) in [7, 11) is 0. The highest BCUT2D eigenvalue weighted by Crippen LogP contribution is 2.39. The van der Waals surface area contributed by atoms with E-state index in [9.17, 15) is 0 Å². The van der Waals surface area contributed by atoms with Gasteiger partial charge in [-0.2, -0.15) is 0 Å². The third-order valence-electron chi connectivity index (χ3n) is 7.94. The van der Waals surface area contributed by atoms with E-state index >= 15 is 8.78 Å². The molecule has 3 aromatic rings. The Balaban J connectivity index is 1.23. The lowest BCUT2D eigenvalue weighted by atomic mass is 10.1. The molecule has 3 heterocycles. The van der Waals surface area contributed by atoms with Gasteiger partial charge in [-0.05, 0) is 64.6 Å². The number of anilines is 2. The first-order chi connectivity index (χ1) is 19.3. The summed E-state index contributed by atoms with van der Waals surface area (Å²) in [4.78, 5) is 17.4. The number of aliphatic imine (C=N–C) groups is 2. The van der Waals surface area contributed by atoms with Gasteiger partial charge < -0.3 is 19.5 Å². The number of fused-ring (bicyclic) bond motifs is 4. The third kappa shape index (κ3) is 4.96. The lowest BCUT2D eigenvalue weighted by Crippen LogP contribution is -2.57. The van der Waals surface area contributed by atoms with Gasteiger partial charge in [0.2, 0.25) is 0 Å². The molecule has 1 aliphatic carbocycles. The van der Waals surface area contributed by atoms with Crippen molar-refractivity contribution < 1.29 is 13.5 Å². The van der Waals surface area contributed by atoms with Crippen LogP contribution in [0, 0.1) is 12.7 Å². The normalized spacial score (nSPS) is 19.9. The van der Waals surface area contributed by atoms with Crippen LogP contribution in [0.1, 0.15) is 44.1 Å². The summed E-state index contributed by atoms with van der Waals surface area (Å²) in [5, 5.41) is 3.23. The van der Waals surface area contributed by atoms with Crippen LogP contribution in [-0.4, -0.2) is 71.9 Å². The van der Waals surface area contributed by atoms with E-state index in [0.29, 0.717) is 29.6 Å². The molecule has 210 valence electrons. The van der Waals surface area contributed by atoms with Gasteiger partial charge in [0, 0.05) is 49.0 Å². The number of benzene rings is 2. The van der Waals surface area contributed by atoms with E-state index in [1.54, 1.807) is 6.07 Å². The molecule has 1 saturated carbocycles. The van der Waals surface area contributed by atoms with Gasteiger partial charge in [-0.25, -0.2) is 13.8 Å². The molecule has 8 nitrogen and oxygen atoms in total. The maximum Gasteiger partial charge on any atom is 0.167 e. The molecule has 1 N–H and O–H groups in total. The molecule has 1 saturated heterocycles. The molecule has 1 atom stereocenters. The quantitative estimate of drug-likeness (QED) is 0.378. The second kappa shape index (κ2) is 10.6.